The number of nitrogens with one attached hydrogen (secondary N) is 1. The van der Waals surface area contributed by atoms with Crippen LogP contribution in [-0.2, 0) is 6.42 Å². The minimum absolute atomic E-state index is 0.784. The van der Waals surface area contributed by atoms with Gasteiger partial charge in [-0.3, -0.25) is 5.10 Å². The van der Waals surface area contributed by atoms with E-state index in [2.05, 4.69) is 17.0 Å². The Bertz CT molecular complexity index is 438. The lowest BCUT2D eigenvalue weighted by atomic mass is 10.4. The summed E-state index contributed by atoms with van der Waals surface area (Å²) in [5.74, 6) is 0. The maximum atomic E-state index is 5.19. The Labute approximate surface area is 85.0 Å². The van der Waals surface area contributed by atoms with Gasteiger partial charge in [-0.2, -0.15) is 0 Å². The average molecular weight is 211 g/mol. The number of hydrogen-bond acceptors (Lipinski definition) is 3. The van der Waals surface area contributed by atoms with Gasteiger partial charge in [0.1, 0.15) is 4.64 Å². The highest BCUT2D eigenvalue weighted by Gasteiger charge is 2.02. The van der Waals surface area contributed by atoms with Crippen molar-refractivity contribution in [1.82, 2.24) is 14.8 Å². The molecule has 1 N–H and O–H groups in total. The lowest BCUT2D eigenvalue weighted by molar-refractivity contribution is 0.826. The van der Waals surface area contributed by atoms with E-state index in [0.717, 1.165) is 21.9 Å². The lowest BCUT2D eigenvalue weighted by Gasteiger charge is -1.95. The molecule has 68 valence electrons. The van der Waals surface area contributed by atoms with Crippen LogP contribution in [0, 0.1) is 4.64 Å². The quantitative estimate of drug-likeness (QED) is 0.774. The van der Waals surface area contributed by atoms with Crippen LogP contribution in [0.15, 0.2) is 17.6 Å². The van der Waals surface area contributed by atoms with Crippen molar-refractivity contribution in [3.05, 3.63) is 28.0 Å². The second kappa shape index (κ2) is 3.43. The summed E-state index contributed by atoms with van der Waals surface area (Å²) in [5, 5.41) is 6.02. The first-order valence-corrected chi connectivity index (χ1v) is 5.31. The average Bonchev–Trinajstić information content (AvgIpc) is 2.72. The highest BCUT2D eigenvalue weighted by Crippen LogP contribution is 2.12. The summed E-state index contributed by atoms with van der Waals surface area (Å²) in [7, 11) is 0. The summed E-state index contributed by atoms with van der Waals surface area (Å²) in [4.78, 5) is 4.18. The molecule has 0 radical (unpaired) electrons. The molecule has 0 saturated heterocycles. The number of aromatic nitrogens is 3. The largest absolute Gasteiger partial charge is 0.295 e. The number of aromatic amines is 1. The maximum Gasteiger partial charge on any atom is 0.209 e. The summed E-state index contributed by atoms with van der Waals surface area (Å²) < 4.78 is 2.62. The van der Waals surface area contributed by atoms with Gasteiger partial charge in [0.25, 0.3) is 0 Å². The Morgan fingerprint density at radius 2 is 2.54 bits per heavy atom. The fraction of sp³-hybridized carbons (Fsp3) is 0.250. The molecule has 0 fully saturated rings. The molecule has 0 spiro atoms. The van der Waals surface area contributed by atoms with Crippen LogP contribution in [0.5, 0.6) is 0 Å². The SMILES string of the molecule is CCc1cc(=S)n(-c2nccs2)[nH]1. The van der Waals surface area contributed by atoms with Gasteiger partial charge in [0.2, 0.25) is 5.13 Å². The predicted molar refractivity (Wildman–Crippen MR) is 56.0 cm³/mol. The van der Waals surface area contributed by atoms with Crippen molar-refractivity contribution in [1.29, 1.82) is 0 Å². The molecule has 2 rings (SSSR count). The van der Waals surface area contributed by atoms with Crippen LogP contribution in [0.4, 0.5) is 0 Å². The van der Waals surface area contributed by atoms with Gasteiger partial charge in [-0.05, 0) is 12.5 Å². The standard InChI is InChI=1S/C8H9N3S2/c1-2-6-5-7(12)11(10-6)8-9-3-4-13-8/h3-5,10H,2H2,1H3. The Kier molecular flexibility index (Phi) is 2.28. The predicted octanol–water partition coefficient (Wildman–Crippen LogP) is 2.55. The van der Waals surface area contributed by atoms with E-state index in [9.17, 15) is 0 Å². The van der Waals surface area contributed by atoms with E-state index in [-0.39, 0.29) is 0 Å². The third-order valence-electron chi connectivity index (χ3n) is 1.76. The molecule has 0 aliphatic carbocycles. The Balaban J connectivity index is 2.52. The first kappa shape index (κ1) is 8.65. The maximum absolute atomic E-state index is 5.19. The van der Waals surface area contributed by atoms with Crippen LogP contribution in [0.3, 0.4) is 0 Å². The highest BCUT2D eigenvalue weighted by atomic mass is 32.1. The van der Waals surface area contributed by atoms with Crippen molar-refractivity contribution in [3.8, 4) is 5.13 Å². The van der Waals surface area contributed by atoms with E-state index in [1.807, 2.05) is 16.1 Å². The van der Waals surface area contributed by atoms with Gasteiger partial charge in [-0.15, -0.1) is 11.3 Å². The molecule has 0 atom stereocenters. The van der Waals surface area contributed by atoms with Crippen LogP contribution >= 0.6 is 23.6 Å². The van der Waals surface area contributed by atoms with E-state index < -0.39 is 0 Å². The monoisotopic (exact) mass is 211 g/mol. The van der Waals surface area contributed by atoms with Crippen molar-refractivity contribution in [2.45, 2.75) is 13.3 Å². The molecular weight excluding hydrogens is 202 g/mol. The molecule has 2 heterocycles. The van der Waals surface area contributed by atoms with Crippen LogP contribution in [-0.4, -0.2) is 14.8 Å². The van der Waals surface area contributed by atoms with E-state index in [1.165, 1.54) is 0 Å². The Morgan fingerprint density at radius 3 is 3.08 bits per heavy atom. The second-order valence-corrected chi connectivity index (χ2v) is 3.91. The third kappa shape index (κ3) is 1.57. The van der Waals surface area contributed by atoms with Gasteiger partial charge in [0, 0.05) is 17.3 Å². The molecule has 0 bridgehead atoms. The first-order chi connectivity index (χ1) is 6.31. The molecule has 3 nitrogen and oxygen atoms in total. The van der Waals surface area contributed by atoms with Crippen LogP contribution in [0.2, 0.25) is 0 Å². The minimum Gasteiger partial charge on any atom is -0.295 e. The number of aryl methyl sites for hydroxylation is 1. The molecule has 5 heteroatoms. The number of nitrogens with zero attached hydrogens (tertiary/aromatic N) is 2. The van der Waals surface area contributed by atoms with E-state index in [1.54, 1.807) is 17.5 Å². The summed E-state index contributed by atoms with van der Waals surface area (Å²) in [6.45, 7) is 2.09. The van der Waals surface area contributed by atoms with Crippen molar-refractivity contribution < 1.29 is 0 Å². The highest BCUT2D eigenvalue weighted by molar-refractivity contribution is 7.71. The zero-order valence-corrected chi connectivity index (χ0v) is 8.78. The van der Waals surface area contributed by atoms with Crippen molar-refractivity contribution >= 4 is 23.6 Å². The van der Waals surface area contributed by atoms with Crippen molar-refractivity contribution in [2.75, 3.05) is 0 Å². The molecule has 13 heavy (non-hydrogen) atoms. The number of rotatable bonds is 2. The van der Waals surface area contributed by atoms with Gasteiger partial charge < -0.3 is 0 Å². The van der Waals surface area contributed by atoms with Crippen LogP contribution < -0.4 is 0 Å². The summed E-state index contributed by atoms with van der Waals surface area (Å²) in [6.07, 6.45) is 2.73. The Hall–Kier alpha value is -0.940. The summed E-state index contributed by atoms with van der Waals surface area (Å²) >= 11 is 6.75. The van der Waals surface area contributed by atoms with Crippen LogP contribution in [0.1, 0.15) is 12.6 Å². The lowest BCUT2D eigenvalue weighted by Crippen LogP contribution is -1.95. The van der Waals surface area contributed by atoms with Gasteiger partial charge >= 0.3 is 0 Å². The normalized spacial score (nSPS) is 10.5. The fourth-order valence-corrected chi connectivity index (χ4v) is 2.04. The van der Waals surface area contributed by atoms with Gasteiger partial charge in [0.15, 0.2) is 0 Å². The van der Waals surface area contributed by atoms with Crippen molar-refractivity contribution in [3.63, 3.8) is 0 Å². The van der Waals surface area contributed by atoms with E-state index in [4.69, 9.17) is 12.2 Å². The molecule has 0 saturated carbocycles. The Morgan fingerprint density at radius 1 is 1.69 bits per heavy atom. The van der Waals surface area contributed by atoms with Gasteiger partial charge in [-0.25, -0.2) is 9.67 Å². The number of H-pyrrole nitrogens is 1. The number of hydrogen-bond donors (Lipinski definition) is 1. The second-order valence-electron chi connectivity index (χ2n) is 2.62. The van der Waals surface area contributed by atoms with Crippen LogP contribution in [0.25, 0.3) is 5.13 Å². The van der Waals surface area contributed by atoms with E-state index in [0.29, 0.717) is 0 Å². The molecule has 0 aromatic carbocycles. The molecule has 0 aliphatic heterocycles. The van der Waals surface area contributed by atoms with Crippen molar-refractivity contribution in [2.24, 2.45) is 0 Å². The first-order valence-electron chi connectivity index (χ1n) is 4.02. The van der Waals surface area contributed by atoms with E-state index >= 15 is 0 Å². The molecule has 2 aromatic rings. The fourth-order valence-electron chi connectivity index (χ4n) is 1.09. The molecule has 0 aliphatic rings. The molecule has 2 aromatic heterocycles. The minimum atomic E-state index is 0.784. The number of thiazole rings is 1. The third-order valence-corrected chi connectivity index (χ3v) is 2.82. The molecule has 0 unspecified atom stereocenters. The smallest absolute Gasteiger partial charge is 0.209 e. The zero-order chi connectivity index (χ0) is 9.26. The zero-order valence-electron chi connectivity index (χ0n) is 7.15. The summed E-state index contributed by atoms with van der Waals surface area (Å²) in [6, 6.07) is 1.97. The molecular formula is C8H9N3S2. The summed E-state index contributed by atoms with van der Waals surface area (Å²) in [5.41, 5.74) is 1.14. The van der Waals surface area contributed by atoms with Gasteiger partial charge in [-0.1, -0.05) is 19.1 Å². The van der Waals surface area contributed by atoms with Gasteiger partial charge in [0.05, 0.1) is 0 Å². The molecule has 0 amide bonds. The topological polar surface area (TPSA) is 33.6 Å².